The van der Waals surface area contributed by atoms with E-state index in [-0.39, 0.29) is 0 Å². The van der Waals surface area contributed by atoms with Crippen molar-refractivity contribution in [1.29, 1.82) is 0 Å². The number of hydrogen-bond donors (Lipinski definition) is 0. The van der Waals surface area contributed by atoms with E-state index in [2.05, 4.69) is 187 Å². The number of benzene rings is 9. The second-order valence-corrected chi connectivity index (χ2v) is 15.5. The maximum atomic E-state index is 6.49. The minimum absolute atomic E-state index is 0.874. The van der Waals surface area contributed by atoms with Crippen LogP contribution in [-0.4, -0.2) is 0 Å². The van der Waals surface area contributed by atoms with E-state index >= 15 is 0 Å². The van der Waals surface area contributed by atoms with Crippen LogP contribution in [0.1, 0.15) is 0 Å². The summed E-state index contributed by atoms with van der Waals surface area (Å²) in [4.78, 5) is 2.30. The molecule has 9 aromatic carbocycles. The van der Waals surface area contributed by atoms with Crippen molar-refractivity contribution in [3.8, 4) is 22.3 Å². The van der Waals surface area contributed by atoms with E-state index in [4.69, 9.17) is 8.83 Å². The Kier molecular flexibility index (Phi) is 6.80. The first-order valence-electron chi connectivity index (χ1n) is 18.9. The SMILES string of the molecule is c1ccc(N(c2ccc(-c3ccc(-c4cc5c6ccccc6oc5c5sc6ccccc6c45)cc3)cc2)c2ccc3c(c2)oc2ccc4ccccc4c23)cc1. The standard InChI is InChI=1S/C52H31NO2S/c1-2-11-36(12-3-1)53(38-27-28-41-47(30-38)54-46-29-24-34-10-4-5-13-39(34)49(41)46)37-25-22-33(23-26-37)32-18-20-35(21-19-32)43-31-44-40-14-6-8-16-45(40)55-51(44)52-50(43)42-15-7-9-17-48(42)56-52/h1-31H. The van der Waals surface area contributed by atoms with Crippen LogP contribution in [0.4, 0.5) is 17.1 Å². The Labute approximate surface area is 325 Å². The van der Waals surface area contributed by atoms with Gasteiger partial charge in [-0.15, -0.1) is 11.3 Å². The molecule has 3 aromatic heterocycles. The van der Waals surface area contributed by atoms with E-state index < -0.39 is 0 Å². The molecule has 0 bridgehead atoms. The molecule has 0 N–H and O–H groups in total. The summed E-state index contributed by atoms with van der Waals surface area (Å²) in [5.41, 5.74) is 11.6. The number of fused-ring (bicyclic) bond motifs is 12. The Morgan fingerprint density at radius 2 is 1.04 bits per heavy atom. The van der Waals surface area contributed by atoms with Crippen molar-refractivity contribution in [2.24, 2.45) is 0 Å². The number of nitrogens with zero attached hydrogens (tertiary/aromatic N) is 1. The molecule has 3 heterocycles. The predicted octanol–water partition coefficient (Wildman–Crippen LogP) is 15.8. The summed E-state index contributed by atoms with van der Waals surface area (Å²) < 4.78 is 15.4. The number of rotatable bonds is 5. The monoisotopic (exact) mass is 733 g/mol. The van der Waals surface area contributed by atoms with Crippen LogP contribution in [0.5, 0.6) is 0 Å². The van der Waals surface area contributed by atoms with Crippen LogP contribution >= 0.6 is 11.3 Å². The van der Waals surface area contributed by atoms with Gasteiger partial charge in [0.2, 0.25) is 0 Å². The highest BCUT2D eigenvalue weighted by Gasteiger charge is 2.20. The maximum Gasteiger partial charge on any atom is 0.153 e. The molecular weight excluding hydrogens is 703 g/mol. The lowest BCUT2D eigenvalue weighted by atomic mass is 9.95. The van der Waals surface area contributed by atoms with E-state index in [1.54, 1.807) is 0 Å². The molecule has 12 aromatic rings. The summed E-state index contributed by atoms with van der Waals surface area (Å²) >= 11 is 1.81. The first-order chi connectivity index (χ1) is 27.7. The largest absolute Gasteiger partial charge is 0.456 e. The van der Waals surface area contributed by atoms with Gasteiger partial charge >= 0.3 is 0 Å². The fourth-order valence-electron chi connectivity index (χ4n) is 8.64. The van der Waals surface area contributed by atoms with Gasteiger partial charge < -0.3 is 13.7 Å². The fourth-order valence-corrected chi connectivity index (χ4v) is 9.85. The fraction of sp³-hybridized carbons (Fsp3) is 0. The number of hydrogen-bond acceptors (Lipinski definition) is 4. The zero-order valence-electron chi connectivity index (χ0n) is 30.1. The minimum atomic E-state index is 0.874. The molecule has 0 saturated heterocycles. The summed E-state index contributed by atoms with van der Waals surface area (Å²) in [7, 11) is 0. The average Bonchev–Trinajstić information content (AvgIpc) is 3.96. The molecule has 0 aliphatic carbocycles. The highest BCUT2D eigenvalue weighted by atomic mass is 32.1. The van der Waals surface area contributed by atoms with Gasteiger partial charge in [0.15, 0.2) is 5.58 Å². The summed E-state index contributed by atoms with van der Waals surface area (Å²) in [6.07, 6.45) is 0. The van der Waals surface area contributed by atoms with Gasteiger partial charge in [0, 0.05) is 60.1 Å². The van der Waals surface area contributed by atoms with E-state index in [1.807, 2.05) is 17.4 Å². The molecule has 3 nitrogen and oxygen atoms in total. The third-order valence-corrected chi connectivity index (χ3v) is 12.4. The van der Waals surface area contributed by atoms with Crippen molar-refractivity contribution < 1.29 is 8.83 Å². The van der Waals surface area contributed by atoms with Gasteiger partial charge in [-0.3, -0.25) is 0 Å². The Morgan fingerprint density at radius 1 is 0.375 bits per heavy atom. The van der Waals surface area contributed by atoms with Crippen molar-refractivity contribution in [2.75, 3.05) is 4.90 Å². The van der Waals surface area contributed by atoms with Crippen molar-refractivity contribution >= 4 is 103 Å². The van der Waals surface area contributed by atoms with Crippen LogP contribution < -0.4 is 4.90 Å². The normalized spacial score (nSPS) is 11.9. The van der Waals surface area contributed by atoms with Gasteiger partial charge in [-0.05, 0) is 93.7 Å². The highest BCUT2D eigenvalue weighted by Crippen LogP contribution is 2.47. The Morgan fingerprint density at radius 3 is 1.88 bits per heavy atom. The van der Waals surface area contributed by atoms with Crippen LogP contribution in [0.15, 0.2) is 197 Å². The maximum absolute atomic E-state index is 6.49. The van der Waals surface area contributed by atoms with E-state index in [0.717, 1.165) is 66.5 Å². The Balaban J connectivity index is 0.931. The molecule has 0 fully saturated rings. The van der Waals surface area contributed by atoms with Crippen molar-refractivity contribution in [2.45, 2.75) is 0 Å². The predicted molar refractivity (Wildman–Crippen MR) is 237 cm³/mol. The highest BCUT2D eigenvalue weighted by molar-refractivity contribution is 7.26. The molecule has 0 amide bonds. The molecule has 0 spiro atoms. The Hall–Kier alpha value is -7.14. The molecular formula is C52H31NO2S. The molecule has 56 heavy (non-hydrogen) atoms. The quantitative estimate of drug-likeness (QED) is 0.176. The lowest BCUT2D eigenvalue weighted by Crippen LogP contribution is -2.09. The van der Waals surface area contributed by atoms with Crippen LogP contribution in [0.25, 0.3) is 97.1 Å². The van der Waals surface area contributed by atoms with Gasteiger partial charge in [-0.25, -0.2) is 0 Å². The average molecular weight is 734 g/mol. The van der Waals surface area contributed by atoms with Crippen LogP contribution in [0, 0.1) is 0 Å². The first-order valence-corrected chi connectivity index (χ1v) is 19.7. The van der Waals surface area contributed by atoms with Crippen molar-refractivity contribution in [3.63, 3.8) is 0 Å². The summed E-state index contributed by atoms with van der Waals surface area (Å²) in [5, 5.41) is 9.53. The molecule has 4 heteroatoms. The lowest BCUT2D eigenvalue weighted by molar-refractivity contribution is 0.669. The molecule has 0 atom stereocenters. The third-order valence-electron chi connectivity index (χ3n) is 11.3. The zero-order chi connectivity index (χ0) is 36.7. The van der Waals surface area contributed by atoms with Gasteiger partial charge in [-0.2, -0.15) is 0 Å². The molecule has 0 unspecified atom stereocenters. The van der Waals surface area contributed by atoms with Crippen molar-refractivity contribution in [1.82, 2.24) is 0 Å². The molecule has 0 aliphatic heterocycles. The lowest BCUT2D eigenvalue weighted by Gasteiger charge is -2.25. The number of furan rings is 2. The van der Waals surface area contributed by atoms with Crippen LogP contribution in [0.3, 0.4) is 0 Å². The van der Waals surface area contributed by atoms with Crippen molar-refractivity contribution in [3.05, 3.63) is 188 Å². The smallest absolute Gasteiger partial charge is 0.153 e. The third kappa shape index (κ3) is 4.76. The molecule has 0 aliphatic rings. The topological polar surface area (TPSA) is 29.5 Å². The second-order valence-electron chi connectivity index (χ2n) is 14.4. The molecule has 262 valence electrons. The van der Waals surface area contributed by atoms with Gasteiger partial charge in [0.1, 0.15) is 16.7 Å². The summed E-state index contributed by atoms with van der Waals surface area (Å²) in [6.45, 7) is 0. The van der Waals surface area contributed by atoms with Crippen LogP contribution in [0.2, 0.25) is 0 Å². The number of para-hydroxylation sites is 2. The van der Waals surface area contributed by atoms with E-state index in [9.17, 15) is 0 Å². The van der Waals surface area contributed by atoms with E-state index in [0.29, 0.717) is 0 Å². The molecule has 12 rings (SSSR count). The summed E-state index contributed by atoms with van der Waals surface area (Å²) in [5.74, 6) is 0. The zero-order valence-corrected chi connectivity index (χ0v) is 30.9. The number of anilines is 3. The molecule has 0 saturated carbocycles. The number of thiophene rings is 1. The van der Waals surface area contributed by atoms with Crippen LogP contribution in [-0.2, 0) is 0 Å². The van der Waals surface area contributed by atoms with Gasteiger partial charge in [0.05, 0.1) is 4.70 Å². The summed E-state index contributed by atoms with van der Waals surface area (Å²) in [6, 6.07) is 67.1. The second kappa shape index (κ2) is 12.2. The first kappa shape index (κ1) is 31.2. The minimum Gasteiger partial charge on any atom is -0.456 e. The van der Waals surface area contributed by atoms with Gasteiger partial charge in [0.25, 0.3) is 0 Å². The van der Waals surface area contributed by atoms with Gasteiger partial charge in [-0.1, -0.05) is 121 Å². The van der Waals surface area contributed by atoms with E-state index in [1.165, 1.54) is 47.6 Å². The molecule has 0 radical (unpaired) electrons. The Bertz CT molecular complexity index is 3460.